The summed E-state index contributed by atoms with van der Waals surface area (Å²) in [5.74, 6) is -0.709. The largest absolute Gasteiger partial charge is 0.481 e. The van der Waals surface area contributed by atoms with Crippen LogP contribution in [0.3, 0.4) is 0 Å². The Labute approximate surface area is 89.0 Å². The van der Waals surface area contributed by atoms with Crippen molar-refractivity contribution in [3.63, 3.8) is 0 Å². The van der Waals surface area contributed by atoms with Crippen LogP contribution in [0.1, 0.15) is 32.6 Å². The Morgan fingerprint density at radius 1 is 1.53 bits per heavy atom. The number of nitrogens with one attached hydrogen (secondary N) is 1. The summed E-state index contributed by atoms with van der Waals surface area (Å²) in [4.78, 5) is 11.3. The van der Waals surface area contributed by atoms with E-state index in [1.165, 1.54) is 6.92 Å². The predicted molar refractivity (Wildman–Crippen MR) is 54.4 cm³/mol. The van der Waals surface area contributed by atoms with Gasteiger partial charge in [-0.1, -0.05) is 0 Å². The van der Waals surface area contributed by atoms with E-state index in [2.05, 4.69) is 5.32 Å². The van der Waals surface area contributed by atoms with Crippen molar-refractivity contribution in [2.75, 3.05) is 13.1 Å². The van der Waals surface area contributed by atoms with Gasteiger partial charge in [-0.3, -0.25) is 4.79 Å². The van der Waals surface area contributed by atoms with E-state index in [0.717, 1.165) is 25.9 Å². The molecule has 0 amide bonds. The van der Waals surface area contributed by atoms with Crippen molar-refractivity contribution in [2.45, 2.75) is 38.3 Å². The molecule has 1 aliphatic carbocycles. The second kappa shape index (κ2) is 3.44. The highest BCUT2D eigenvalue weighted by atomic mass is 19.1. The first-order chi connectivity index (χ1) is 6.96. The molecule has 3 nitrogen and oxygen atoms in total. The fourth-order valence-corrected chi connectivity index (χ4v) is 3.20. The third kappa shape index (κ3) is 1.75. The van der Waals surface area contributed by atoms with Crippen molar-refractivity contribution in [2.24, 2.45) is 11.3 Å². The molecule has 2 rings (SSSR count). The first-order valence-corrected chi connectivity index (χ1v) is 5.59. The molecule has 1 atom stereocenters. The van der Waals surface area contributed by atoms with Gasteiger partial charge in [0.2, 0.25) is 0 Å². The summed E-state index contributed by atoms with van der Waals surface area (Å²) in [6, 6.07) is 0. The second-order valence-corrected chi connectivity index (χ2v) is 5.27. The molecule has 0 spiro atoms. The quantitative estimate of drug-likeness (QED) is 0.735. The molecule has 1 heterocycles. The first kappa shape index (κ1) is 10.9. The number of carboxylic acid groups (broad SMARTS) is 1. The smallest absolute Gasteiger partial charge is 0.310 e. The van der Waals surface area contributed by atoms with Crippen LogP contribution in [0.15, 0.2) is 0 Å². The van der Waals surface area contributed by atoms with Crippen LogP contribution in [-0.4, -0.2) is 29.8 Å². The minimum atomic E-state index is -1.27. The van der Waals surface area contributed by atoms with E-state index >= 15 is 0 Å². The Morgan fingerprint density at radius 2 is 2.20 bits per heavy atom. The van der Waals surface area contributed by atoms with Crippen LogP contribution in [0.25, 0.3) is 0 Å². The van der Waals surface area contributed by atoms with Crippen LogP contribution in [0.2, 0.25) is 0 Å². The lowest BCUT2D eigenvalue weighted by atomic mass is 9.53. The first-order valence-electron chi connectivity index (χ1n) is 5.59. The van der Waals surface area contributed by atoms with E-state index in [1.54, 1.807) is 0 Å². The van der Waals surface area contributed by atoms with Crippen LogP contribution >= 0.6 is 0 Å². The van der Waals surface area contributed by atoms with Gasteiger partial charge in [-0.15, -0.1) is 0 Å². The number of hydrogen-bond donors (Lipinski definition) is 2. The van der Waals surface area contributed by atoms with E-state index < -0.39 is 17.1 Å². The van der Waals surface area contributed by atoms with Gasteiger partial charge in [-0.05, 0) is 51.6 Å². The van der Waals surface area contributed by atoms with Gasteiger partial charge in [0.1, 0.15) is 5.67 Å². The summed E-state index contributed by atoms with van der Waals surface area (Å²) in [7, 11) is 0. The Hall–Kier alpha value is -0.640. The van der Waals surface area contributed by atoms with Gasteiger partial charge in [0, 0.05) is 0 Å². The van der Waals surface area contributed by atoms with E-state index in [-0.39, 0.29) is 18.8 Å². The molecule has 0 aromatic heterocycles. The molecule has 1 aliphatic heterocycles. The molecule has 86 valence electrons. The van der Waals surface area contributed by atoms with Crippen molar-refractivity contribution in [3.8, 4) is 0 Å². The Bertz CT molecular complexity index is 264. The highest BCUT2D eigenvalue weighted by Gasteiger charge is 2.61. The van der Waals surface area contributed by atoms with Crippen molar-refractivity contribution in [1.29, 1.82) is 0 Å². The molecular formula is C11H18FNO2. The van der Waals surface area contributed by atoms with Gasteiger partial charge >= 0.3 is 5.97 Å². The summed E-state index contributed by atoms with van der Waals surface area (Å²) < 4.78 is 13.5. The van der Waals surface area contributed by atoms with E-state index in [0.29, 0.717) is 0 Å². The summed E-state index contributed by atoms with van der Waals surface area (Å²) >= 11 is 0. The Kier molecular flexibility index (Phi) is 2.49. The third-order valence-electron chi connectivity index (χ3n) is 3.87. The van der Waals surface area contributed by atoms with Crippen molar-refractivity contribution >= 4 is 5.97 Å². The molecule has 1 saturated heterocycles. The standard InChI is InChI=1S/C11H18FNO2/c1-10(12)6-11(7-10,9(14)15)8-3-2-4-13-5-8/h8,13H,2-7H2,1H3,(H,14,15). The van der Waals surface area contributed by atoms with Gasteiger partial charge < -0.3 is 10.4 Å². The lowest BCUT2D eigenvalue weighted by Crippen LogP contribution is -2.58. The molecular weight excluding hydrogens is 197 g/mol. The molecule has 15 heavy (non-hydrogen) atoms. The number of alkyl halides is 1. The highest BCUT2D eigenvalue weighted by molar-refractivity contribution is 5.77. The maximum Gasteiger partial charge on any atom is 0.310 e. The number of carbonyl (C=O) groups is 1. The average molecular weight is 215 g/mol. The van der Waals surface area contributed by atoms with Crippen LogP contribution in [0.4, 0.5) is 4.39 Å². The number of aliphatic carboxylic acids is 1. The number of halogens is 1. The van der Waals surface area contributed by atoms with Crippen LogP contribution in [0.5, 0.6) is 0 Å². The fourth-order valence-electron chi connectivity index (χ4n) is 3.20. The van der Waals surface area contributed by atoms with E-state index in [1.807, 2.05) is 0 Å². The Balaban J connectivity index is 2.10. The summed E-state index contributed by atoms with van der Waals surface area (Å²) in [6.45, 7) is 3.19. The van der Waals surface area contributed by atoms with Gasteiger partial charge in [0.25, 0.3) is 0 Å². The summed E-state index contributed by atoms with van der Waals surface area (Å²) in [6.07, 6.45) is 2.28. The van der Waals surface area contributed by atoms with Crippen LogP contribution in [-0.2, 0) is 4.79 Å². The van der Waals surface area contributed by atoms with Crippen molar-refractivity contribution < 1.29 is 14.3 Å². The van der Waals surface area contributed by atoms with Crippen LogP contribution < -0.4 is 5.32 Å². The molecule has 2 fully saturated rings. The van der Waals surface area contributed by atoms with Gasteiger partial charge in [0.15, 0.2) is 0 Å². The monoisotopic (exact) mass is 215 g/mol. The lowest BCUT2D eigenvalue weighted by Gasteiger charge is -2.52. The maximum absolute atomic E-state index is 13.5. The predicted octanol–water partition coefficient (Wildman–Crippen LogP) is 1.58. The van der Waals surface area contributed by atoms with E-state index in [4.69, 9.17) is 0 Å². The highest BCUT2D eigenvalue weighted by Crippen LogP contribution is 2.56. The number of piperidine rings is 1. The van der Waals surface area contributed by atoms with Gasteiger partial charge in [0.05, 0.1) is 5.41 Å². The summed E-state index contributed by atoms with van der Waals surface area (Å²) in [5, 5.41) is 12.5. The average Bonchev–Trinajstić information content (AvgIpc) is 2.14. The number of hydrogen-bond acceptors (Lipinski definition) is 2. The molecule has 4 heteroatoms. The number of rotatable bonds is 2. The minimum absolute atomic E-state index is 0.104. The molecule has 1 saturated carbocycles. The molecule has 2 aliphatic rings. The van der Waals surface area contributed by atoms with E-state index in [9.17, 15) is 14.3 Å². The third-order valence-corrected chi connectivity index (χ3v) is 3.87. The normalized spacial score (nSPS) is 45.9. The van der Waals surface area contributed by atoms with Crippen LogP contribution in [0, 0.1) is 11.3 Å². The maximum atomic E-state index is 13.5. The molecule has 0 bridgehead atoms. The van der Waals surface area contributed by atoms with Crippen molar-refractivity contribution in [1.82, 2.24) is 5.32 Å². The fraction of sp³-hybridized carbons (Fsp3) is 0.909. The molecule has 2 N–H and O–H groups in total. The minimum Gasteiger partial charge on any atom is -0.481 e. The zero-order chi connectivity index (χ0) is 11.1. The lowest BCUT2D eigenvalue weighted by molar-refractivity contribution is -0.177. The van der Waals surface area contributed by atoms with Gasteiger partial charge in [-0.25, -0.2) is 4.39 Å². The zero-order valence-corrected chi connectivity index (χ0v) is 9.05. The second-order valence-electron chi connectivity index (χ2n) is 5.27. The van der Waals surface area contributed by atoms with Crippen molar-refractivity contribution in [3.05, 3.63) is 0 Å². The molecule has 0 aromatic carbocycles. The summed E-state index contributed by atoms with van der Waals surface area (Å²) in [5.41, 5.74) is -2.06. The number of carboxylic acids is 1. The Morgan fingerprint density at radius 3 is 2.60 bits per heavy atom. The van der Waals surface area contributed by atoms with Gasteiger partial charge in [-0.2, -0.15) is 0 Å². The zero-order valence-electron chi connectivity index (χ0n) is 9.05. The SMILES string of the molecule is CC1(F)CC(C(=O)O)(C2CCCNC2)C1. The molecule has 0 radical (unpaired) electrons. The molecule has 1 unspecified atom stereocenters. The topological polar surface area (TPSA) is 49.3 Å². The molecule has 0 aromatic rings.